The summed E-state index contributed by atoms with van der Waals surface area (Å²) in [5.74, 6) is 1.62. The van der Waals surface area contributed by atoms with Crippen LogP contribution in [0.1, 0.15) is 54.4 Å². The molecule has 1 saturated carbocycles. The smallest absolute Gasteiger partial charge is 0.253 e. The highest BCUT2D eigenvalue weighted by Crippen LogP contribution is 2.36. The number of fused-ring (bicyclic) bond motifs is 1. The van der Waals surface area contributed by atoms with Crippen molar-refractivity contribution in [2.24, 2.45) is 11.8 Å². The Kier molecular flexibility index (Phi) is 6.28. The van der Waals surface area contributed by atoms with Crippen molar-refractivity contribution in [1.29, 1.82) is 0 Å². The SMILES string of the molecule is O=C(CCc1ccccc1)Nc1ccc(C(=O)N2CCC3CCCC[C@H]3C2)cc1. The first-order valence-corrected chi connectivity index (χ1v) is 10.9. The topological polar surface area (TPSA) is 49.4 Å². The van der Waals surface area contributed by atoms with Crippen LogP contribution in [0.25, 0.3) is 0 Å². The van der Waals surface area contributed by atoms with Crippen LogP contribution >= 0.6 is 0 Å². The van der Waals surface area contributed by atoms with Gasteiger partial charge in [-0.3, -0.25) is 9.59 Å². The number of amides is 2. The van der Waals surface area contributed by atoms with Gasteiger partial charge in [0.15, 0.2) is 0 Å². The number of benzene rings is 2. The molecule has 152 valence electrons. The van der Waals surface area contributed by atoms with E-state index in [9.17, 15) is 9.59 Å². The number of nitrogens with one attached hydrogen (secondary N) is 1. The molecule has 2 aromatic carbocycles. The van der Waals surface area contributed by atoms with Crippen LogP contribution < -0.4 is 5.32 Å². The van der Waals surface area contributed by atoms with E-state index in [1.165, 1.54) is 25.7 Å². The molecule has 1 N–H and O–H groups in total. The van der Waals surface area contributed by atoms with Gasteiger partial charge in [-0.2, -0.15) is 0 Å². The highest BCUT2D eigenvalue weighted by molar-refractivity contribution is 5.96. The molecule has 0 radical (unpaired) electrons. The Hall–Kier alpha value is -2.62. The Morgan fingerprint density at radius 3 is 2.38 bits per heavy atom. The van der Waals surface area contributed by atoms with Gasteiger partial charge in [0.2, 0.25) is 5.91 Å². The van der Waals surface area contributed by atoms with Crippen molar-refractivity contribution in [3.8, 4) is 0 Å². The summed E-state index contributed by atoms with van der Waals surface area (Å²) in [5.41, 5.74) is 2.61. The number of piperidine rings is 1. The van der Waals surface area contributed by atoms with E-state index >= 15 is 0 Å². The van der Waals surface area contributed by atoms with Gasteiger partial charge in [-0.25, -0.2) is 0 Å². The second kappa shape index (κ2) is 9.25. The van der Waals surface area contributed by atoms with Crippen molar-refractivity contribution in [2.45, 2.75) is 44.9 Å². The molecular formula is C25H30N2O2. The van der Waals surface area contributed by atoms with Crippen molar-refractivity contribution in [2.75, 3.05) is 18.4 Å². The second-order valence-electron chi connectivity index (χ2n) is 8.46. The van der Waals surface area contributed by atoms with E-state index in [4.69, 9.17) is 0 Å². The van der Waals surface area contributed by atoms with E-state index < -0.39 is 0 Å². The molecule has 1 saturated heterocycles. The first-order chi connectivity index (χ1) is 14.2. The number of likely N-dealkylation sites (tertiary alicyclic amines) is 1. The third kappa shape index (κ3) is 5.06. The van der Waals surface area contributed by atoms with Crippen molar-refractivity contribution in [3.63, 3.8) is 0 Å². The monoisotopic (exact) mass is 390 g/mol. The van der Waals surface area contributed by atoms with Gasteiger partial charge in [-0.1, -0.05) is 49.6 Å². The van der Waals surface area contributed by atoms with Crippen LogP contribution in [-0.2, 0) is 11.2 Å². The molecule has 1 aliphatic heterocycles. The van der Waals surface area contributed by atoms with Crippen LogP contribution in [0.3, 0.4) is 0 Å². The van der Waals surface area contributed by atoms with Crippen molar-refractivity contribution in [3.05, 3.63) is 65.7 Å². The maximum absolute atomic E-state index is 12.9. The van der Waals surface area contributed by atoms with Crippen molar-refractivity contribution < 1.29 is 9.59 Å². The minimum absolute atomic E-state index is 0.00713. The second-order valence-corrected chi connectivity index (χ2v) is 8.46. The molecule has 2 fully saturated rings. The predicted molar refractivity (Wildman–Crippen MR) is 116 cm³/mol. The van der Waals surface area contributed by atoms with Crippen LogP contribution in [0.2, 0.25) is 0 Å². The highest BCUT2D eigenvalue weighted by atomic mass is 16.2. The molecule has 4 rings (SSSR count). The molecule has 0 aromatic heterocycles. The van der Waals surface area contributed by atoms with E-state index in [0.717, 1.165) is 43.1 Å². The quantitative estimate of drug-likeness (QED) is 0.788. The van der Waals surface area contributed by atoms with Gasteiger partial charge in [-0.05, 0) is 60.9 Å². The largest absolute Gasteiger partial charge is 0.338 e. The van der Waals surface area contributed by atoms with Gasteiger partial charge in [0, 0.05) is 30.8 Å². The summed E-state index contributed by atoms with van der Waals surface area (Å²) >= 11 is 0. The fraction of sp³-hybridized carbons (Fsp3) is 0.440. The molecule has 1 unspecified atom stereocenters. The number of hydrogen-bond acceptors (Lipinski definition) is 2. The van der Waals surface area contributed by atoms with E-state index in [1.807, 2.05) is 59.5 Å². The molecule has 2 atom stereocenters. The zero-order valence-electron chi connectivity index (χ0n) is 17.0. The fourth-order valence-corrected chi connectivity index (χ4v) is 4.79. The third-order valence-electron chi connectivity index (χ3n) is 6.48. The Labute approximate surface area is 173 Å². The van der Waals surface area contributed by atoms with Crippen molar-refractivity contribution >= 4 is 17.5 Å². The minimum Gasteiger partial charge on any atom is -0.338 e. The van der Waals surface area contributed by atoms with Gasteiger partial charge in [0.05, 0.1) is 0 Å². The van der Waals surface area contributed by atoms with Crippen LogP contribution in [0.4, 0.5) is 5.69 Å². The van der Waals surface area contributed by atoms with Gasteiger partial charge in [0.1, 0.15) is 0 Å². The zero-order valence-corrected chi connectivity index (χ0v) is 17.0. The number of anilines is 1. The van der Waals surface area contributed by atoms with Crippen LogP contribution in [0.15, 0.2) is 54.6 Å². The highest BCUT2D eigenvalue weighted by Gasteiger charge is 2.33. The first-order valence-electron chi connectivity index (χ1n) is 10.9. The van der Waals surface area contributed by atoms with E-state index in [1.54, 1.807) is 0 Å². The summed E-state index contributed by atoms with van der Waals surface area (Å²) in [5, 5.41) is 2.93. The number of aryl methyl sites for hydroxylation is 1. The van der Waals surface area contributed by atoms with E-state index in [-0.39, 0.29) is 11.8 Å². The average Bonchev–Trinajstić information content (AvgIpc) is 2.78. The molecule has 0 bridgehead atoms. The lowest BCUT2D eigenvalue weighted by Crippen LogP contribution is -2.44. The molecule has 4 heteroatoms. The van der Waals surface area contributed by atoms with Crippen molar-refractivity contribution in [1.82, 2.24) is 4.90 Å². The number of nitrogens with zero attached hydrogens (tertiary/aromatic N) is 1. The zero-order chi connectivity index (χ0) is 20.1. The molecule has 2 amide bonds. The number of carbonyl (C=O) groups is 2. The summed E-state index contributed by atoms with van der Waals surface area (Å²) in [6.45, 7) is 1.78. The number of rotatable bonds is 5. The van der Waals surface area contributed by atoms with Gasteiger partial charge in [0.25, 0.3) is 5.91 Å². The van der Waals surface area contributed by atoms with Gasteiger partial charge >= 0.3 is 0 Å². The Bertz CT molecular complexity index is 832. The lowest BCUT2D eigenvalue weighted by molar-refractivity contribution is -0.116. The lowest BCUT2D eigenvalue weighted by atomic mass is 9.75. The molecule has 0 spiro atoms. The normalized spacial score (nSPS) is 21.3. The average molecular weight is 391 g/mol. The number of hydrogen-bond donors (Lipinski definition) is 1. The first kappa shape index (κ1) is 19.7. The van der Waals surface area contributed by atoms with Crippen LogP contribution in [-0.4, -0.2) is 29.8 Å². The Balaban J connectivity index is 1.29. The molecule has 1 aliphatic carbocycles. The predicted octanol–water partition coefficient (Wildman–Crippen LogP) is 4.91. The maximum atomic E-state index is 12.9. The fourth-order valence-electron chi connectivity index (χ4n) is 4.79. The third-order valence-corrected chi connectivity index (χ3v) is 6.48. The lowest BCUT2D eigenvalue weighted by Gasteiger charge is -2.41. The maximum Gasteiger partial charge on any atom is 0.253 e. The van der Waals surface area contributed by atoms with Crippen LogP contribution in [0, 0.1) is 11.8 Å². The summed E-state index contributed by atoms with van der Waals surface area (Å²) in [4.78, 5) is 27.1. The Morgan fingerprint density at radius 1 is 0.897 bits per heavy atom. The van der Waals surface area contributed by atoms with Gasteiger partial charge < -0.3 is 10.2 Å². The van der Waals surface area contributed by atoms with E-state index in [0.29, 0.717) is 17.9 Å². The summed E-state index contributed by atoms with van der Waals surface area (Å²) in [6, 6.07) is 17.4. The minimum atomic E-state index is -0.00713. The van der Waals surface area contributed by atoms with Crippen LogP contribution in [0.5, 0.6) is 0 Å². The molecule has 1 heterocycles. The summed E-state index contributed by atoms with van der Waals surface area (Å²) in [6.07, 6.45) is 7.58. The van der Waals surface area contributed by atoms with E-state index in [2.05, 4.69) is 5.32 Å². The standard InChI is InChI=1S/C25H30N2O2/c28-24(15-10-19-6-2-1-3-7-19)26-23-13-11-21(12-14-23)25(29)27-17-16-20-8-4-5-9-22(20)18-27/h1-3,6-7,11-14,20,22H,4-5,8-10,15-18H2,(H,26,28)/t20?,22-/m0/s1. The summed E-state index contributed by atoms with van der Waals surface area (Å²) < 4.78 is 0. The molecule has 29 heavy (non-hydrogen) atoms. The molecular weight excluding hydrogens is 360 g/mol. The molecule has 4 nitrogen and oxygen atoms in total. The molecule has 2 aliphatic rings. The van der Waals surface area contributed by atoms with Gasteiger partial charge in [-0.15, -0.1) is 0 Å². The Morgan fingerprint density at radius 2 is 1.62 bits per heavy atom. The number of carbonyl (C=O) groups excluding carboxylic acids is 2. The molecule has 2 aromatic rings. The summed E-state index contributed by atoms with van der Waals surface area (Å²) in [7, 11) is 0.